The fourth-order valence-electron chi connectivity index (χ4n) is 2.44. The lowest BCUT2D eigenvalue weighted by Gasteiger charge is -2.22. The van der Waals surface area contributed by atoms with Gasteiger partial charge in [0.1, 0.15) is 24.2 Å². The molecule has 5 amide bonds. The molecule has 0 heterocycles. The molecule has 19 heteroatoms. The SMILES string of the molecule is CC(C)[C@H](N)C(=O)N[C@@H](CO)C(=O)NCC(=O)N[C@@H](C)C(=O)N[C@@H](COP(=O)(O)O)C(=O)N[C@@H](C)C(=O)O. The van der Waals surface area contributed by atoms with Crippen LogP contribution >= 0.6 is 7.82 Å². The molecule has 11 N–H and O–H groups in total. The molecule has 0 aliphatic rings. The van der Waals surface area contributed by atoms with Crippen molar-refractivity contribution in [3.05, 3.63) is 0 Å². The van der Waals surface area contributed by atoms with Gasteiger partial charge in [-0.2, -0.15) is 0 Å². The van der Waals surface area contributed by atoms with Gasteiger partial charge in [0, 0.05) is 0 Å². The lowest BCUT2D eigenvalue weighted by molar-refractivity contribution is -0.142. The maximum Gasteiger partial charge on any atom is 0.469 e. The van der Waals surface area contributed by atoms with Gasteiger partial charge in [-0.1, -0.05) is 13.8 Å². The zero-order valence-electron chi connectivity index (χ0n) is 21.2. The predicted octanol–water partition coefficient (Wildman–Crippen LogP) is -4.75. The number of hydrogen-bond donors (Lipinski definition) is 10. The average Bonchev–Trinajstić information content (AvgIpc) is 2.81. The van der Waals surface area contributed by atoms with Gasteiger partial charge in [-0.05, 0) is 19.8 Å². The Morgan fingerprint density at radius 2 is 1.37 bits per heavy atom. The Balaban J connectivity index is 5.03. The number of nitrogens with one attached hydrogen (secondary N) is 5. The quantitative estimate of drug-likeness (QED) is 0.0781. The van der Waals surface area contributed by atoms with Crippen molar-refractivity contribution in [3.8, 4) is 0 Å². The van der Waals surface area contributed by atoms with Crippen LogP contribution in [0.15, 0.2) is 0 Å². The van der Waals surface area contributed by atoms with Crippen LogP contribution in [0.5, 0.6) is 0 Å². The van der Waals surface area contributed by atoms with E-state index in [0.29, 0.717) is 0 Å². The molecule has 0 aromatic rings. The van der Waals surface area contributed by atoms with E-state index >= 15 is 0 Å². The third-order valence-electron chi connectivity index (χ3n) is 4.80. The Morgan fingerprint density at radius 3 is 1.84 bits per heavy atom. The maximum absolute atomic E-state index is 12.4. The van der Waals surface area contributed by atoms with E-state index in [4.69, 9.17) is 20.6 Å². The summed E-state index contributed by atoms with van der Waals surface area (Å²) < 4.78 is 15.2. The van der Waals surface area contributed by atoms with E-state index in [1.165, 1.54) is 6.92 Å². The number of hydrogen-bond acceptors (Lipinski definition) is 10. The topological polar surface area (TPSA) is 296 Å². The molecule has 18 nitrogen and oxygen atoms in total. The van der Waals surface area contributed by atoms with Gasteiger partial charge in [0.2, 0.25) is 29.5 Å². The second-order valence-corrected chi connectivity index (χ2v) is 9.68. The second-order valence-electron chi connectivity index (χ2n) is 8.44. The third kappa shape index (κ3) is 13.4. The molecule has 0 fully saturated rings. The number of amides is 5. The van der Waals surface area contributed by atoms with Crippen molar-refractivity contribution in [3.63, 3.8) is 0 Å². The molecule has 0 aromatic heterocycles. The molecule has 0 aromatic carbocycles. The van der Waals surface area contributed by atoms with Crippen LogP contribution in [0.3, 0.4) is 0 Å². The molecule has 38 heavy (non-hydrogen) atoms. The molecule has 0 saturated heterocycles. The van der Waals surface area contributed by atoms with E-state index in [-0.39, 0.29) is 5.92 Å². The standard InChI is InChI=1S/C19H35N6O12P/c1-8(2)14(20)18(31)24-11(6-26)16(29)21-5-13(27)22-9(3)15(28)25-12(7-37-38(34,35)36)17(30)23-10(4)19(32)33/h8-12,14,26H,5-7,20H2,1-4H3,(H,21,29)(H,22,27)(H,23,30)(H,24,31)(H,25,28)(H,32,33)(H2,34,35,36)/t9-,10-,11-,12-,14-/m0/s1. The van der Waals surface area contributed by atoms with E-state index in [9.17, 15) is 38.4 Å². The summed E-state index contributed by atoms with van der Waals surface area (Å²) in [5.41, 5.74) is 5.67. The fourth-order valence-corrected chi connectivity index (χ4v) is 2.78. The first-order chi connectivity index (χ1) is 17.4. The zero-order chi connectivity index (χ0) is 29.8. The van der Waals surface area contributed by atoms with Crippen LogP contribution in [-0.4, -0.2) is 105 Å². The molecule has 0 radical (unpaired) electrons. The number of rotatable bonds is 16. The Kier molecular flexibility index (Phi) is 14.6. The van der Waals surface area contributed by atoms with Crippen molar-refractivity contribution in [2.24, 2.45) is 11.7 Å². The Labute approximate surface area is 217 Å². The molecule has 0 spiro atoms. The molecule has 5 atom stereocenters. The Hall–Kier alpha value is -3.15. The highest BCUT2D eigenvalue weighted by Crippen LogP contribution is 2.35. The van der Waals surface area contributed by atoms with Gasteiger partial charge in [0.05, 0.1) is 25.8 Å². The number of carboxylic acid groups (broad SMARTS) is 1. The van der Waals surface area contributed by atoms with Crippen LogP contribution in [0, 0.1) is 5.92 Å². The molecule has 0 aliphatic heterocycles. The lowest BCUT2D eigenvalue weighted by atomic mass is 10.0. The minimum Gasteiger partial charge on any atom is -0.480 e. The van der Waals surface area contributed by atoms with Crippen LogP contribution in [0.1, 0.15) is 27.7 Å². The van der Waals surface area contributed by atoms with Crippen LogP contribution in [0.4, 0.5) is 0 Å². The number of aliphatic carboxylic acids is 1. The number of aliphatic hydroxyl groups excluding tert-OH is 1. The number of phosphoric ester groups is 1. The Morgan fingerprint density at radius 1 is 0.816 bits per heavy atom. The summed E-state index contributed by atoms with van der Waals surface area (Å²) >= 11 is 0. The van der Waals surface area contributed by atoms with Gasteiger partial charge in [-0.3, -0.25) is 33.3 Å². The van der Waals surface area contributed by atoms with Gasteiger partial charge >= 0.3 is 13.8 Å². The molecule has 0 saturated carbocycles. The van der Waals surface area contributed by atoms with E-state index < -0.39 is 93.3 Å². The average molecular weight is 570 g/mol. The van der Waals surface area contributed by atoms with Crippen molar-refractivity contribution < 1.29 is 57.9 Å². The van der Waals surface area contributed by atoms with Crippen molar-refractivity contribution in [1.82, 2.24) is 26.6 Å². The molecule has 0 aliphatic carbocycles. The van der Waals surface area contributed by atoms with Gasteiger partial charge in [-0.15, -0.1) is 0 Å². The first-order valence-electron chi connectivity index (χ1n) is 11.2. The highest BCUT2D eigenvalue weighted by Gasteiger charge is 2.30. The van der Waals surface area contributed by atoms with Crippen molar-refractivity contribution in [2.45, 2.75) is 57.9 Å². The number of carbonyl (C=O) groups is 6. The zero-order valence-corrected chi connectivity index (χ0v) is 22.1. The van der Waals surface area contributed by atoms with Crippen LogP contribution in [0.2, 0.25) is 0 Å². The van der Waals surface area contributed by atoms with Crippen molar-refractivity contribution in [2.75, 3.05) is 19.8 Å². The molecular formula is C19H35N6O12P. The van der Waals surface area contributed by atoms with E-state index in [0.717, 1.165) is 6.92 Å². The van der Waals surface area contributed by atoms with Crippen LogP contribution in [-0.2, 0) is 37.9 Å². The molecule has 218 valence electrons. The second kappa shape index (κ2) is 16.0. The summed E-state index contributed by atoms with van der Waals surface area (Å²) in [6, 6.07) is -6.85. The summed E-state index contributed by atoms with van der Waals surface area (Å²) in [6.45, 7) is 3.14. The van der Waals surface area contributed by atoms with Crippen molar-refractivity contribution in [1.29, 1.82) is 0 Å². The molecule has 0 rings (SSSR count). The number of nitrogens with two attached hydrogens (primary N) is 1. The Bertz CT molecular complexity index is 926. The molecule has 0 bridgehead atoms. The highest BCUT2D eigenvalue weighted by atomic mass is 31.2. The highest BCUT2D eigenvalue weighted by molar-refractivity contribution is 7.46. The van der Waals surface area contributed by atoms with E-state index in [1.54, 1.807) is 13.8 Å². The smallest absolute Gasteiger partial charge is 0.469 e. The van der Waals surface area contributed by atoms with E-state index in [2.05, 4.69) is 25.8 Å². The monoisotopic (exact) mass is 570 g/mol. The van der Waals surface area contributed by atoms with Crippen LogP contribution < -0.4 is 32.3 Å². The number of carboxylic acids is 1. The number of carbonyl (C=O) groups excluding carboxylic acids is 5. The number of phosphoric acid groups is 1. The van der Waals surface area contributed by atoms with Gasteiger partial charge < -0.3 is 52.3 Å². The van der Waals surface area contributed by atoms with E-state index in [1.807, 2.05) is 5.32 Å². The summed E-state index contributed by atoms with van der Waals surface area (Å²) in [6.07, 6.45) is 0. The maximum atomic E-state index is 12.4. The molecule has 0 unspecified atom stereocenters. The first kappa shape index (κ1) is 34.9. The summed E-state index contributed by atoms with van der Waals surface area (Å²) in [5, 5.41) is 28.9. The summed E-state index contributed by atoms with van der Waals surface area (Å²) in [4.78, 5) is 89.6. The summed E-state index contributed by atoms with van der Waals surface area (Å²) in [7, 11) is -5.06. The van der Waals surface area contributed by atoms with Crippen molar-refractivity contribution >= 4 is 43.3 Å². The van der Waals surface area contributed by atoms with Gasteiger partial charge in [0.15, 0.2) is 0 Å². The predicted molar refractivity (Wildman–Crippen MR) is 128 cm³/mol. The van der Waals surface area contributed by atoms with Gasteiger partial charge in [-0.25, -0.2) is 4.57 Å². The minimum absolute atomic E-state index is 0.245. The van der Waals surface area contributed by atoms with Crippen LogP contribution in [0.25, 0.3) is 0 Å². The first-order valence-corrected chi connectivity index (χ1v) is 12.7. The normalized spacial score (nSPS) is 15.3. The lowest BCUT2D eigenvalue weighted by Crippen LogP contribution is -2.57. The summed E-state index contributed by atoms with van der Waals surface area (Å²) in [5.74, 6) is -6.33. The fraction of sp³-hybridized carbons (Fsp3) is 0.684. The third-order valence-corrected chi connectivity index (χ3v) is 5.29. The number of aliphatic hydroxyl groups is 1. The minimum atomic E-state index is -5.06. The largest absolute Gasteiger partial charge is 0.480 e. The van der Waals surface area contributed by atoms with Gasteiger partial charge in [0.25, 0.3) is 0 Å². The molecular weight excluding hydrogens is 535 g/mol.